The predicted molar refractivity (Wildman–Crippen MR) is 179 cm³/mol. The summed E-state index contributed by atoms with van der Waals surface area (Å²) in [5.41, 5.74) is 0.850. The van der Waals surface area contributed by atoms with E-state index in [9.17, 15) is 18.0 Å². The Bertz CT molecular complexity index is 1630. The zero-order valence-electron chi connectivity index (χ0n) is 26.3. The molecule has 3 aromatic carbocycles. The third kappa shape index (κ3) is 8.37. The molecule has 0 saturated heterocycles. The van der Waals surface area contributed by atoms with Crippen LogP contribution in [0.5, 0.6) is 17.2 Å². The van der Waals surface area contributed by atoms with Gasteiger partial charge in [0, 0.05) is 18.7 Å². The van der Waals surface area contributed by atoms with Gasteiger partial charge in [-0.1, -0.05) is 42.1 Å². The van der Waals surface area contributed by atoms with Gasteiger partial charge in [0.25, 0.3) is 10.0 Å². The van der Waals surface area contributed by atoms with E-state index in [1.165, 1.54) is 37.3 Å². The summed E-state index contributed by atoms with van der Waals surface area (Å²) in [4.78, 5) is 28.9. The number of anilines is 1. The van der Waals surface area contributed by atoms with Crippen molar-refractivity contribution in [3.63, 3.8) is 0 Å². The number of hydrogen-bond acceptors (Lipinski definition) is 7. The van der Waals surface area contributed by atoms with Crippen LogP contribution in [0.15, 0.2) is 65.6 Å². The van der Waals surface area contributed by atoms with Crippen LogP contribution in [0.1, 0.15) is 45.1 Å². The maximum atomic E-state index is 14.3. The average Bonchev–Trinajstić information content (AvgIpc) is 3.56. The quantitative estimate of drug-likeness (QED) is 0.218. The molecule has 0 unspecified atom stereocenters. The number of carbonyl (C=O) groups excluding carboxylic acids is 2. The lowest BCUT2D eigenvalue weighted by atomic mass is 10.1. The lowest BCUT2D eigenvalue weighted by Crippen LogP contribution is -2.52. The summed E-state index contributed by atoms with van der Waals surface area (Å²) in [5, 5.41) is 3.69. The van der Waals surface area contributed by atoms with Crippen LogP contribution in [0.2, 0.25) is 10.0 Å². The molecule has 46 heavy (non-hydrogen) atoms. The standard InChI is InChI=1S/C33H39Cl2N3O7S/c1-5-45-26-13-11-25(12-14-26)38(46(41,42)27-15-17-30(43-3)31(19-27)44-4)21-32(39)37(20-23-10-16-28(34)29(35)18-23)22(2)33(40)36-24-8-6-7-9-24/h10-19,22,24H,5-9,20-21H2,1-4H3,(H,36,40)/t22-/m1/s1. The Kier molecular flexibility index (Phi) is 12.0. The van der Waals surface area contributed by atoms with E-state index >= 15 is 0 Å². The van der Waals surface area contributed by atoms with Gasteiger partial charge < -0.3 is 24.4 Å². The van der Waals surface area contributed by atoms with E-state index in [0.29, 0.717) is 33.7 Å². The third-order valence-electron chi connectivity index (χ3n) is 7.86. The molecule has 0 aromatic heterocycles. The number of carbonyl (C=O) groups is 2. The minimum Gasteiger partial charge on any atom is -0.494 e. The number of rotatable bonds is 14. The summed E-state index contributed by atoms with van der Waals surface area (Å²) < 4.78 is 45.7. The van der Waals surface area contributed by atoms with E-state index in [0.717, 1.165) is 30.0 Å². The Balaban J connectivity index is 1.73. The minimum atomic E-state index is -4.34. The van der Waals surface area contributed by atoms with Gasteiger partial charge in [-0.15, -0.1) is 0 Å². The van der Waals surface area contributed by atoms with Gasteiger partial charge in [-0.05, 0) is 80.8 Å². The van der Waals surface area contributed by atoms with Gasteiger partial charge in [-0.25, -0.2) is 8.42 Å². The van der Waals surface area contributed by atoms with E-state index < -0.39 is 28.5 Å². The molecule has 2 amide bonds. The summed E-state index contributed by atoms with van der Waals surface area (Å²) in [5.74, 6) is 0.174. The maximum absolute atomic E-state index is 14.3. The average molecular weight is 693 g/mol. The van der Waals surface area contributed by atoms with Crippen molar-refractivity contribution in [2.45, 2.75) is 63.1 Å². The number of halogens is 2. The molecule has 13 heteroatoms. The first-order chi connectivity index (χ1) is 22.0. The van der Waals surface area contributed by atoms with Crippen molar-refractivity contribution in [2.75, 3.05) is 31.7 Å². The highest BCUT2D eigenvalue weighted by molar-refractivity contribution is 7.92. The molecule has 1 fully saturated rings. The molecule has 4 rings (SSSR count). The molecule has 1 N–H and O–H groups in total. The Labute approximate surface area is 280 Å². The summed E-state index contributed by atoms with van der Waals surface area (Å²) in [6, 6.07) is 14.6. The zero-order chi connectivity index (χ0) is 33.4. The number of hydrogen-bond donors (Lipinski definition) is 1. The third-order valence-corrected chi connectivity index (χ3v) is 10.4. The number of amides is 2. The maximum Gasteiger partial charge on any atom is 0.264 e. The molecule has 0 radical (unpaired) electrons. The molecule has 0 heterocycles. The van der Waals surface area contributed by atoms with Crippen molar-refractivity contribution in [3.05, 3.63) is 76.3 Å². The molecule has 0 aliphatic heterocycles. The summed E-state index contributed by atoms with van der Waals surface area (Å²) in [7, 11) is -1.49. The normalized spacial score (nSPS) is 14.0. The molecule has 1 atom stereocenters. The highest BCUT2D eigenvalue weighted by Gasteiger charge is 2.34. The Morgan fingerprint density at radius 2 is 1.61 bits per heavy atom. The van der Waals surface area contributed by atoms with Gasteiger partial charge in [-0.2, -0.15) is 0 Å². The van der Waals surface area contributed by atoms with Crippen LogP contribution in [0, 0.1) is 0 Å². The van der Waals surface area contributed by atoms with E-state index in [1.807, 2.05) is 6.92 Å². The largest absolute Gasteiger partial charge is 0.494 e. The van der Waals surface area contributed by atoms with Crippen LogP contribution in [0.4, 0.5) is 5.69 Å². The monoisotopic (exact) mass is 691 g/mol. The van der Waals surface area contributed by atoms with Crippen LogP contribution >= 0.6 is 23.2 Å². The first-order valence-electron chi connectivity index (χ1n) is 15.0. The fourth-order valence-electron chi connectivity index (χ4n) is 5.32. The van der Waals surface area contributed by atoms with Crippen molar-refractivity contribution >= 4 is 50.7 Å². The molecular formula is C33H39Cl2N3O7S. The number of nitrogens with zero attached hydrogens (tertiary/aromatic N) is 2. The number of ether oxygens (including phenoxy) is 3. The topological polar surface area (TPSA) is 114 Å². The van der Waals surface area contributed by atoms with Gasteiger partial charge in [0.05, 0.1) is 41.5 Å². The molecule has 0 spiro atoms. The van der Waals surface area contributed by atoms with E-state index in [-0.39, 0.29) is 34.8 Å². The van der Waals surface area contributed by atoms with E-state index in [1.54, 1.807) is 49.4 Å². The van der Waals surface area contributed by atoms with Gasteiger partial charge in [0.1, 0.15) is 18.3 Å². The van der Waals surface area contributed by atoms with Crippen molar-refractivity contribution in [1.82, 2.24) is 10.2 Å². The second-order valence-electron chi connectivity index (χ2n) is 10.9. The van der Waals surface area contributed by atoms with E-state index in [4.69, 9.17) is 37.4 Å². The van der Waals surface area contributed by atoms with Crippen LogP contribution < -0.4 is 23.8 Å². The molecule has 3 aromatic rings. The van der Waals surface area contributed by atoms with Crippen LogP contribution in [-0.4, -0.2) is 64.6 Å². The number of nitrogens with one attached hydrogen (secondary N) is 1. The van der Waals surface area contributed by atoms with E-state index in [2.05, 4.69) is 5.32 Å². The first kappa shape index (κ1) is 35.2. The Morgan fingerprint density at radius 1 is 0.935 bits per heavy atom. The van der Waals surface area contributed by atoms with Gasteiger partial charge in [-0.3, -0.25) is 13.9 Å². The second-order valence-corrected chi connectivity index (χ2v) is 13.6. The van der Waals surface area contributed by atoms with Crippen molar-refractivity contribution in [2.24, 2.45) is 0 Å². The zero-order valence-corrected chi connectivity index (χ0v) is 28.6. The number of sulfonamides is 1. The van der Waals surface area contributed by atoms with Gasteiger partial charge >= 0.3 is 0 Å². The lowest BCUT2D eigenvalue weighted by molar-refractivity contribution is -0.139. The predicted octanol–water partition coefficient (Wildman–Crippen LogP) is 6.08. The molecular weight excluding hydrogens is 653 g/mol. The fourth-order valence-corrected chi connectivity index (χ4v) is 7.07. The van der Waals surface area contributed by atoms with Crippen LogP contribution in [-0.2, 0) is 26.2 Å². The highest BCUT2D eigenvalue weighted by Crippen LogP contribution is 2.33. The molecule has 0 bridgehead atoms. The number of benzene rings is 3. The molecule has 1 aliphatic carbocycles. The smallest absolute Gasteiger partial charge is 0.264 e. The highest BCUT2D eigenvalue weighted by atomic mass is 35.5. The molecule has 1 saturated carbocycles. The van der Waals surface area contributed by atoms with Crippen LogP contribution in [0.3, 0.4) is 0 Å². The molecule has 248 valence electrons. The van der Waals surface area contributed by atoms with Gasteiger partial charge in [0.15, 0.2) is 11.5 Å². The van der Waals surface area contributed by atoms with Crippen molar-refractivity contribution in [3.8, 4) is 17.2 Å². The summed E-state index contributed by atoms with van der Waals surface area (Å²) in [6.45, 7) is 3.28. The lowest BCUT2D eigenvalue weighted by Gasteiger charge is -2.32. The second kappa shape index (κ2) is 15.8. The molecule has 10 nitrogen and oxygen atoms in total. The Hall–Kier alpha value is -3.67. The summed E-state index contributed by atoms with van der Waals surface area (Å²) in [6.07, 6.45) is 3.79. The minimum absolute atomic E-state index is 0.0114. The summed E-state index contributed by atoms with van der Waals surface area (Å²) >= 11 is 12.4. The Morgan fingerprint density at radius 3 is 2.22 bits per heavy atom. The van der Waals surface area contributed by atoms with Gasteiger partial charge in [0.2, 0.25) is 11.8 Å². The first-order valence-corrected chi connectivity index (χ1v) is 17.2. The van der Waals surface area contributed by atoms with Crippen LogP contribution in [0.25, 0.3) is 0 Å². The SMILES string of the molecule is CCOc1ccc(N(CC(=O)N(Cc2ccc(Cl)c(Cl)c2)[C@H](C)C(=O)NC2CCCC2)S(=O)(=O)c2ccc(OC)c(OC)c2)cc1. The molecule has 1 aliphatic rings. The van der Waals surface area contributed by atoms with Crippen molar-refractivity contribution in [1.29, 1.82) is 0 Å². The van der Waals surface area contributed by atoms with Crippen molar-refractivity contribution < 1.29 is 32.2 Å². The number of methoxy groups -OCH3 is 2. The fraction of sp³-hybridized carbons (Fsp3) is 0.394.